The first-order chi connectivity index (χ1) is 17.2. The number of aliphatic hydroxyl groups is 1. The van der Waals surface area contributed by atoms with Crippen LogP contribution in [0.15, 0.2) is 36.4 Å². The maximum absolute atomic E-state index is 13.2. The largest absolute Gasteiger partial charge is 0.493 e. The highest BCUT2D eigenvalue weighted by Gasteiger charge is 2.35. The Balaban J connectivity index is 1.49. The Kier molecular flexibility index (Phi) is 7.49. The first kappa shape index (κ1) is 25.5. The molecule has 0 aliphatic carbocycles. The topological polar surface area (TPSA) is 119 Å². The zero-order valence-electron chi connectivity index (χ0n) is 20.9. The number of fused-ring (bicyclic) bond motifs is 2. The summed E-state index contributed by atoms with van der Waals surface area (Å²) in [6, 6.07) is 10.2. The number of carbonyl (C=O) groups is 3. The van der Waals surface area contributed by atoms with Gasteiger partial charge >= 0.3 is 6.09 Å². The number of carbonyl (C=O) groups excluding carboxylic acids is 2. The molecule has 192 valence electrons. The highest BCUT2D eigenvalue weighted by Crippen LogP contribution is 2.31. The molecule has 4 rings (SSSR count). The number of ether oxygens (including phenoxy) is 1. The van der Waals surface area contributed by atoms with Gasteiger partial charge in [-0.05, 0) is 48.1 Å². The van der Waals surface area contributed by atoms with Crippen molar-refractivity contribution < 1.29 is 29.3 Å². The Bertz CT molecular complexity index is 1160. The van der Waals surface area contributed by atoms with Crippen molar-refractivity contribution in [2.45, 2.75) is 52.4 Å². The highest BCUT2D eigenvalue weighted by molar-refractivity contribution is 6.03. The fourth-order valence-electron chi connectivity index (χ4n) is 4.97. The number of hydrogen-bond acceptors (Lipinski definition) is 5. The van der Waals surface area contributed by atoms with E-state index >= 15 is 0 Å². The predicted octanol–water partition coefficient (Wildman–Crippen LogP) is 2.89. The van der Waals surface area contributed by atoms with Gasteiger partial charge in [-0.25, -0.2) is 4.79 Å². The molecular formula is C27H33N3O6. The third-order valence-corrected chi connectivity index (χ3v) is 6.66. The molecule has 36 heavy (non-hydrogen) atoms. The summed E-state index contributed by atoms with van der Waals surface area (Å²) in [5, 5.41) is 23.3. The summed E-state index contributed by atoms with van der Waals surface area (Å²) >= 11 is 0. The van der Waals surface area contributed by atoms with E-state index in [0.29, 0.717) is 43.3 Å². The van der Waals surface area contributed by atoms with Crippen molar-refractivity contribution in [3.8, 4) is 5.75 Å². The van der Waals surface area contributed by atoms with Crippen LogP contribution in [0.2, 0.25) is 0 Å². The van der Waals surface area contributed by atoms with Crippen LogP contribution in [-0.2, 0) is 19.5 Å². The average Bonchev–Trinajstić information content (AvgIpc) is 3.14. The second kappa shape index (κ2) is 10.6. The second-order valence-electron chi connectivity index (χ2n) is 9.75. The Hall–Kier alpha value is -3.59. The zero-order chi connectivity index (χ0) is 26.0. The van der Waals surface area contributed by atoms with Crippen LogP contribution in [0.1, 0.15) is 58.2 Å². The van der Waals surface area contributed by atoms with Gasteiger partial charge < -0.3 is 25.2 Å². The minimum Gasteiger partial charge on any atom is -0.493 e. The summed E-state index contributed by atoms with van der Waals surface area (Å²) in [6.07, 6.45) is -1.87. The van der Waals surface area contributed by atoms with Gasteiger partial charge in [-0.3, -0.25) is 14.5 Å². The molecule has 2 atom stereocenters. The first-order valence-corrected chi connectivity index (χ1v) is 12.3. The second-order valence-corrected chi connectivity index (χ2v) is 9.75. The number of carboxylic acid groups (broad SMARTS) is 1. The molecule has 9 heteroatoms. The molecule has 3 N–H and O–H groups in total. The summed E-state index contributed by atoms with van der Waals surface area (Å²) in [7, 11) is 0. The molecular weight excluding hydrogens is 462 g/mol. The zero-order valence-corrected chi connectivity index (χ0v) is 20.9. The van der Waals surface area contributed by atoms with Gasteiger partial charge in [0.1, 0.15) is 5.75 Å². The van der Waals surface area contributed by atoms with E-state index in [0.717, 1.165) is 16.7 Å². The average molecular weight is 496 g/mol. The van der Waals surface area contributed by atoms with E-state index in [1.165, 1.54) is 4.90 Å². The van der Waals surface area contributed by atoms with Crippen LogP contribution in [0, 0.1) is 5.92 Å². The fourth-order valence-corrected chi connectivity index (χ4v) is 4.97. The van der Waals surface area contributed by atoms with Gasteiger partial charge in [0.2, 0.25) is 0 Å². The van der Waals surface area contributed by atoms with E-state index < -0.39 is 24.1 Å². The molecule has 0 spiro atoms. The maximum Gasteiger partial charge on any atom is 0.407 e. The van der Waals surface area contributed by atoms with Crippen LogP contribution in [0.3, 0.4) is 0 Å². The Labute approximate surface area is 210 Å². The van der Waals surface area contributed by atoms with Gasteiger partial charge in [-0.1, -0.05) is 38.1 Å². The lowest BCUT2D eigenvalue weighted by molar-refractivity contribution is 0.0382. The Morgan fingerprint density at radius 2 is 1.86 bits per heavy atom. The number of nitrogens with one attached hydrogen (secondary N) is 1. The molecule has 0 bridgehead atoms. The van der Waals surface area contributed by atoms with E-state index in [4.69, 9.17) is 4.74 Å². The van der Waals surface area contributed by atoms with Crippen LogP contribution in [0.4, 0.5) is 4.79 Å². The van der Waals surface area contributed by atoms with E-state index in [-0.39, 0.29) is 24.6 Å². The van der Waals surface area contributed by atoms with Gasteiger partial charge in [0, 0.05) is 31.7 Å². The lowest BCUT2D eigenvalue weighted by atomic mass is 9.91. The van der Waals surface area contributed by atoms with Crippen LogP contribution < -0.4 is 10.1 Å². The third kappa shape index (κ3) is 5.16. The van der Waals surface area contributed by atoms with E-state index in [9.17, 15) is 24.6 Å². The van der Waals surface area contributed by atoms with Crippen molar-refractivity contribution in [2.24, 2.45) is 5.92 Å². The smallest absolute Gasteiger partial charge is 0.407 e. The molecule has 2 aromatic rings. The molecule has 2 aliphatic rings. The first-order valence-electron chi connectivity index (χ1n) is 12.3. The van der Waals surface area contributed by atoms with E-state index in [2.05, 4.69) is 5.32 Å². The molecule has 2 heterocycles. The van der Waals surface area contributed by atoms with E-state index in [1.54, 1.807) is 24.0 Å². The molecule has 0 radical (unpaired) electrons. The van der Waals surface area contributed by atoms with Gasteiger partial charge in [0.05, 0.1) is 24.3 Å². The molecule has 0 saturated heterocycles. The third-order valence-electron chi connectivity index (χ3n) is 6.66. The summed E-state index contributed by atoms with van der Waals surface area (Å²) in [6.45, 7) is 7.31. The summed E-state index contributed by atoms with van der Waals surface area (Å²) < 4.78 is 5.68. The van der Waals surface area contributed by atoms with Crippen LogP contribution in [0.5, 0.6) is 5.75 Å². The summed E-state index contributed by atoms with van der Waals surface area (Å²) in [4.78, 5) is 40.8. The van der Waals surface area contributed by atoms with Crippen molar-refractivity contribution in [3.63, 3.8) is 0 Å². The van der Waals surface area contributed by atoms with Crippen LogP contribution >= 0.6 is 0 Å². The summed E-state index contributed by atoms with van der Waals surface area (Å²) in [5.41, 5.74) is 3.47. The van der Waals surface area contributed by atoms with Gasteiger partial charge in [-0.2, -0.15) is 0 Å². The maximum atomic E-state index is 13.2. The lowest BCUT2D eigenvalue weighted by Gasteiger charge is -2.37. The predicted molar refractivity (Wildman–Crippen MR) is 133 cm³/mol. The number of rotatable bonds is 8. The number of aliphatic hydroxyl groups excluding tert-OH is 1. The number of benzene rings is 2. The van der Waals surface area contributed by atoms with Crippen molar-refractivity contribution in [3.05, 3.63) is 64.2 Å². The normalized spacial score (nSPS) is 17.6. The molecule has 0 aromatic heterocycles. The number of hydrogen-bond donors (Lipinski definition) is 3. The molecule has 2 aliphatic heterocycles. The minimum atomic E-state index is -1.12. The van der Waals surface area contributed by atoms with Gasteiger partial charge in [0.25, 0.3) is 11.8 Å². The monoisotopic (exact) mass is 495 g/mol. The molecule has 1 unspecified atom stereocenters. The minimum absolute atomic E-state index is 0.0756. The number of nitrogens with zero attached hydrogens (tertiary/aromatic N) is 2. The van der Waals surface area contributed by atoms with Crippen molar-refractivity contribution in [1.82, 2.24) is 15.1 Å². The molecule has 3 amide bonds. The molecule has 0 saturated carbocycles. The molecule has 2 aromatic carbocycles. The SMILES string of the molecule is CCOc1cc2c(cc1C(=O)NCC(O)[C@@H]1Cc3ccccc3CN1C(=O)O)CN(CC(C)C)C2=O. The fraction of sp³-hybridized carbons (Fsp3) is 0.444. The van der Waals surface area contributed by atoms with Gasteiger partial charge in [0.15, 0.2) is 0 Å². The van der Waals surface area contributed by atoms with Crippen molar-refractivity contribution >= 4 is 17.9 Å². The molecule has 9 nitrogen and oxygen atoms in total. The Morgan fingerprint density at radius 3 is 2.53 bits per heavy atom. The highest BCUT2D eigenvalue weighted by atomic mass is 16.5. The summed E-state index contributed by atoms with van der Waals surface area (Å²) in [5.74, 6) is 0.0965. The quantitative estimate of drug-likeness (QED) is 0.518. The van der Waals surface area contributed by atoms with Crippen LogP contribution in [0.25, 0.3) is 0 Å². The number of amides is 3. The van der Waals surface area contributed by atoms with Gasteiger partial charge in [-0.15, -0.1) is 0 Å². The van der Waals surface area contributed by atoms with E-state index in [1.807, 2.05) is 38.1 Å². The lowest BCUT2D eigenvalue weighted by Crippen LogP contribution is -2.53. The molecule has 0 fully saturated rings. The Morgan fingerprint density at radius 1 is 1.14 bits per heavy atom. The van der Waals surface area contributed by atoms with Crippen molar-refractivity contribution in [2.75, 3.05) is 19.7 Å². The van der Waals surface area contributed by atoms with Crippen molar-refractivity contribution in [1.29, 1.82) is 0 Å². The van der Waals surface area contributed by atoms with Crippen LogP contribution in [-0.4, -0.2) is 69.8 Å². The standard InChI is InChI=1S/C27H33N3O6/c1-4-36-24-11-20-19(14-29(26(20)33)13-16(2)3)9-21(24)25(32)28-12-23(31)22-10-17-7-5-6-8-18(17)15-30(22)27(34)35/h5-9,11,16,22-23,31H,4,10,12-15H2,1-3H3,(H,28,32)(H,34,35)/t22-,23?/m0/s1.